The van der Waals surface area contributed by atoms with Crippen LogP contribution >= 0.6 is 0 Å². The van der Waals surface area contributed by atoms with Crippen molar-refractivity contribution in [3.05, 3.63) is 17.5 Å². The van der Waals surface area contributed by atoms with Gasteiger partial charge in [-0.05, 0) is 12.8 Å². The number of nitrogens with one attached hydrogen (secondary N) is 2. The molecule has 7 nitrogen and oxygen atoms in total. The van der Waals surface area contributed by atoms with Gasteiger partial charge in [0.15, 0.2) is 11.7 Å². The zero-order valence-electron chi connectivity index (χ0n) is 13.7. The van der Waals surface area contributed by atoms with Gasteiger partial charge in [0.1, 0.15) is 9.84 Å². The van der Waals surface area contributed by atoms with Crippen LogP contribution in [0.5, 0.6) is 0 Å². The summed E-state index contributed by atoms with van der Waals surface area (Å²) in [5, 5.41) is 10.1. The molecule has 0 saturated heterocycles. The van der Waals surface area contributed by atoms with Crippen molar-refractivity contribution in [1.82, 2.24) is 15.8 Å². The summed E-state index contributed by atoms with van der Waals surface area (Å²) in [6, 6.07) is 1.95. The summed E-state index contributed by atoms with van der Waals surface area (Å²) in [7, 11) is -1.35. The van der Waals surface area contributed by atoms with Crippen LogP contribution in [-0.2, 0) is 16.4 Å². The third kappa shape index (κ3) is 6.46. The zero-order chi connectivity index (χ0) is 16.6. The van der Waals surface area contributed by atoms with Gasteiger partial charge in [-0.3, -0.25) is 4.99 Å². The highest BCUT2D eigenvalue weighted by Gasteiger charge is 2.13. The molecule has 2 N–H and O–H groups in total. The number of aliphatic imine (C=N–C) groups is 1. The number of hydrogen-bond acceptors (Lipinski definition) is 5. The average molecular weight is 330 g/mol. The lowest BCUT2D eigenvalue weighted by Gasteiger charge is -2.09. The minimum absolute atomic E-state index is 0.0643. The molecule has 0 bridgehead atoms. The Kier molecular flexibility index (Phi) is 7.37. The molecule has 0 aliphatic carbocycles. The summed E-state index contributed by atoms with van der Waals surface area (Å²) in [6.07, 6.45) is 3.27. The van der Waals surface area contributed by atoms with Gasteiger partial charge in [-0.15, -0.1) is 0 Å². The second kappa shape index (κ2) is 8.77. The minimum Gasteiger partial charge on any atom is -0.359 e. The van der Waals surface area contributed by atoms with Crippen molar-refractivity contribution in [3.8, 4) is 0 Å². The van der Waals surface area contributed by atoms with E-state index in [2.05, 4.69) is 34.6 Å². The summed E-state index contributed by atoms with van der Waals surface area (Å²) in [5.74, 6) is 1.75. The highest BCUT2D eigenvalue weighted by Crippen LogP contribution is 2.22. The Labute approximate surface area is 132 Å². The van der Waals surface area contributed by atoms with E-state index >= 15 is 0 Å². The van der Waals surface area contributed by atoms with Gasteiger partial charge in [-0.2, -0.15) is 0 Å². The van der Waals surface area contributed by atoms with Gasteiger partial charge in [-0.1, -0.05) is 19.0 Å². The quantitative estimate of drug-likeness (QED) is 0.551. The minimum atomic E-state index is -2.98. The predicted molar refractivity (Wildman–Crippen MR) is 87.7 cm³/mol. The van der Waals surface area contributed by atoms with Gasteiger partial charge in [0.05, 0.1) is 18.0 Å². The molecule has 0 aliphatic rings. The molecule has 0 spiro atoms. The predicted octanol–water partition coefficient (Wildman–Crippen LogP) is 1.29. The highest BCUT2D eigenvalue weighted by molar-refractivity contribution is 7.90. The third-order valence-electron chi connectivity index (χ3n) is 3.40. The first kappa shape index (κ1) is 18.5. The first-order chi connectivity index (χ1) is 10.4. The second-order valence-electron chi connectivity index (χ2n) is 5.21. The van der Waals surface area contributed by atoms with Crippen LogP contribution in [0.2, 0.25) is 0 Å². The number of rotatable bonds is 8. The Hall–Kier alpha value is -1.57. The van der Waals surface area contributed by atoms with Gasteiger partial charge in [0, 0.05) is 31.8 Å². The van der Waals surface area contributed by atoms with Gasteiger partial charge in [0.25, 0.3) is 0 Å². The molecule has 1 aromatic heterocycles. The van der Waals surface area contributed by atoms with Gasteiger partial charge in [-0.25, -0.2) is 8.42 Å². The molecule has 1 aromatic rings. The molecule has 0 amide bonds. The number of sulfone groups is 1. The molecule has 1 rings (SSSR count). The van der Waals surface area contributed by atoms with E-state index in [0.29, 0.717) is 25.0 Å². The summed E-state index contributed by atoms with van der Waals surface area (Å²) in [6.45, 7) is 5.03. The normalized spacial score (nSPS) is 12.7. The maximum absolute atomic E-state index is 11.1. The number of aromatic nitrogens is 1. The topological polar surface area (TPSA) is 96.6 Å². The molecular weight excluding hydrogens is 304 g/mol. The summed E-state index contributed by atoms with van der Waals surface area (Å²) in [4.78, 5) is 4.03. The van der Waals surface area contributed by atoms with E-state index in [-0.39, 0.29) is 5.75 Å². The molecular formula is C14H26N4O3S. The molecule has 126 valence electrons. The first-order valence-corrected chi connectivity index (χ1v) is 9.53. The van der Waals surface area contributed by atoms with E-state index in [9.17, 15) is 8.42 Å². The fourth-order valence-corrected chi connectivity index (χ4v) is 2.53. The molecule has 0 aromatic carbocycles. The van der Waals surface area contributed by atoms with Crippen molar-refractivity contribution in [3.63, 3.8) is 0 Å². The van der Waals surface area contributed by atoms with Gasteiger partial charge in [0.2, 0.25) is 0 Å². The molecule has 22 heavy (non-hydrogen) atoms. The molecule has 8 heteroatoms. The summed E-state index contributed by atoms with van der Waals surface area (Å²) in [5.41, 5.74) is 0.974. The maximum atomic E-state index is 11.1. The van der Waals surface area contributed by atoms with E-state index in [0.717, 1.165) is 24.3 Å². The maximum Gasteiger partial charge on any atom is 0.191 e. The first-order valence-electron chi connectivity index (χ1n) is 7.47. The standard InChI is InChI=1S/C14H26N4O3S/c1-5-11(6-2)13-9-12(21-18-13)10-17-14(15-3)16-7-8-22(4,19)20/h9,11H,5-8,10H2,1-4H3,(H2,15,16,17). The third-order valence-corrected chi connectivity index (χ3v) is 4.35. The van der Waals surface area contributed by atoms with E-state index in [1.165, 1.54) is 6.26 Å². The molecule has 0 atom stereocenters. The summed E-state index contributed by atoms with van der Waals surface area (Å²) < 4.78 is 27.5. The molecule has 0 aliphatic heterocycles. The zero-order valence-corrected chi connectivity index (χ0v) is 14.5. The smallest absolute Gasteiger partial charge is 0.191 e. The van der Waals surface area contributed by atoms with Crippen molar-refractivity contribution in [1.29, 1.82) is 0 Å². The van der Waals surface area contributed by atoms with Crippen molar-refractivity contribution < 1.29 is 12.9 Å². The van der Waals surface area contributed by atoms with Crippen LogP contribution in [0.4, 0.5) is 0 Å². The molecule has 0 radical (unpaired) electrons. The Morgan fingerprint density at radius 3 is 2.59 bits per heavy atom. The molecule has 1 heterocycles. The molecule has 0 unspecified atom stereocenters. The largest absolute Gasteiger partial charge is 0.359 e. The monoisotopic (exact) mass is 330 g/mol. The fourth-order valence-electron chi connectivity index (χ4n) is 2.06. The Balaban J connectivity index is 2.47. The van der Waals surface area contributed by atoms with E-state index in [1.54, 1.807) is 7.05 Å². The van der Waals surface area contributed by atoms with Crippen molar-refractivity contribution >= 4 is 15.8 Å². The number of hydrogen-bond donors (Lipinski definition) is 2. The van der Waals surface area contributed by atoms with Crippen LogP contribution in [0.25, 0.3) is 0 Å². The van der Waals surface area contributed by atoms with Gasteiger partial charge >= 0.3 is 0 Å². The molecule has 0 saturated carbocycles. The van der Waals surface area contributed by atoms with Crippen LogP contribution in [-0.4, -0.2) is 45.1 Å². The van der Waals surface area contributed by atoms with Crippen LogP contribution in [0, 0.1) is 0 Å². The Morgan fingerprint density at radius 1 is 1.36 bits per heavy atom. The second-order valence-corrected chi connectivity index (χ2v) is 7.47. The number of guanidine groups is 1. The van der Waals surface area contributed by atoms with Crippen LogP contribution in [0.3, 0.4) is 0 Å². The lowest BCUT2D eigenvalue weighted by atomic mass is 9.99. The number of nitrogens with zero attached hydrogens (tertiary/aromatic N) is 2. The lowest BCUT2D eigenvalue weighted by molar-refractivity contribution is 0.368. The fraction of sp³-hybridized carbons (Fsp3) is 0.714. The van der Waals surface area contributed by atoms with Crippen LogP contribution < -0.4 is 10.6 Å². The Morgan fingerprint density at radius 2 is 2.05 bits per heavy atom. The van der Waals surface area contributed by atoms with Crippen LogP contribution in [0.1, 0.15) is 44.1 Å². The molecule has 0 fully saturated rings. The van der Waals surface area contributed by atoms with Crippen molar-refractivity contribution in [2.24, 2.45) is 4.99 Å². The Bertz CT molecular complexity index is 577. The lowest BCUT2D eigenvalue weighted by Crippen LogP contribution is -2.39. The van der Waals surface area contributed by atoms with Crippen molar-refractivity contribution in [2.75, 3.05) is 25.6 Å². The van der Waals surface area contributed by atoms with Crippen LogP contribution in [0.15, 0.2) is 15.6 Å². The van der Waals surface area contributed by atoms with E-state index in [1.807, 2.05) is 6.07 Å². The SMILES string of the molecule is CCC(CC)c1cc(CNC(=NC)NCCS(C)(=O)=O)on1. The van der Waals surface area contributed by atoms with Crippen molar-refractivity contribution in [2.45, 2.75) is 39.2 Å². The highest BCUT2D eigenvalue weighted by atomic mass is 32.2. The average Bonchev–Trinajstić information content (AvgIpc) is 2.91. The van der Waals surface area contributed by atoms with E-state index in [4.69, 9.17) is 4.52 Å². The van der Waals surface area contributed by atoms with E-state index < -0.39 is 9.84 Å². The summed E-state index contributed by atoms with van der Waals surface area (Å²) >= 11 is 0. The van der Waals surface area contributed by atoms with Gasteiger partial charge < -0.3 is 15.2 Å².